The molecule has 1 atom stereocenters. The molecule has 0 fully saturated rings. The van der Waals surface area contributed by atoms with E-state index < -0.39 is 10.0 Å². The van der Waals surface area contributed by atoms with Crippen LogP contribution in [0.25, 0.3) is 0 Å². The lowest BCUT2D eigenvalue weighted by atomic mass is 10.3. The molecule has 0 radical (unpaired) electrons. The normalized spacial score (nSPS) is 13.1. The maximum Gasteiger partial charge on any atom is 0.215 e. The predicted molar refractivity (Wildman–Crippen MR) is 85.7 cm³/mol. The van der Waals surface area contributed by atoms with Crippen molar-refractivity contribution in [3.63, 3.8) is 0 Å². The first-order chi connectivity index (χ1) is 9.43. The van der Waals surface area contributed by atoms with Crippen molar-refractivity contribution in [2.24, 2.45) is 0 Å². The Kier molecular flexibility index (Phi) is 7.18. The van der Waals surface area contributed by atoms with Crippen LogP contribution < -0.4 is 15.2 Å². The monoisotopic (exact) mass is 318 g/mol. The molecular weight excluding hydrogens is 296 g/mol. The van der Waals surface area contributed by atoms with E-state index >= 15 is 0 Å². The van der Waals surface area contributed by atoms with Crippen molar-refractivity contribution >= 4 is 27.5 Å². The van der Waals surface area contributed by atoms with Crippen LogP contribution in [0.2, 0.25) is 0 Å². The average Bonchev–Trinajstić information content (AvgIpc) is 2.38. The molecule has 114 valence electrons. The zero-order valence-electron chi connectivity index (χ0n) is 11.8. The minimum Gasteiger partial charge on any atom is -0.492 e. The number of nitrogens with one attached hydrogen (secondary N) is 1. The highest BCUT2D eigenvalue weighted by Gasteiger charge is 2.14. The number of nitrogens with two attached hydrogens (primary N) is 1. The predicted octanol–water partition coefficient (Wildman–Crippen LogP) is 1.71. The summed E-state index contributed by atoms with van der Waals surface area (Å²) in [6.07, 6.45) is 0. The molecule has 20 heavy (non-hydrogen) atoms. The number of benzene rings is 1. The number of hydrogen-bond donors (Lipinski definition) is 2. The van der Waals surface area contributed by atoms with Gasteiger partial charge in [-0.2, -0.15) is 11.8 Å². The fourth-order valence-electron chi connectivity index (χ4n) is 1.53. The lowest BCUT2D eigenvalue weighted by Gasteiger charge is -2.13. The van der Waals surface area contributed by atoms with E-state index in [2.05, 4.69) is 4.72 Å². The molecule has 0 heterocycles. The summed E-state index contributed by atoms with van der Waals surface area (Å²) in [5.74, 6) is 2.31. The quantitative estimate of drug-likeness (QED) is 0.677. The largest absolute Gasteiger partial charge is 0.492 e. The molecule has 1 unspecified atom stereocenters. The van der Waals surface area contributed by atoms with Crippen molar-refractivity contribution in [1.29, 1.82) is 0 Å². The fraction of sp³-hybridized carbons (Fsp3) is 0.538. The molecule has 0 saturated carbocycles. The fourth-order valence-corrected chi connectivity index (χ4v) is 3.42. The number of hydrogen-bond acceptors (Lipinski definition) is 5. The van der Waals surface area contributed by atoms with Crippen molar-refractivity contribution in [3.8, 4) is 5.75 Å². The van der Waals surface area contributed by atoms with E-state index in [-0.39, 0.29) is 18.4 Å². The zero-order valence-corrected chi connectivity index (χ0v) is 13.5. The molecule has 5 nitrogen and oxygen atoms in total. The Hall–Kier alpha value is -0.920. The molecule has 3 N–H and O–H groups in total. The van der Waals surface area contributed by atoms with E-state index in [1.165, 1.54) is 0 Å². The van der Waals surface area contributed by atoms with Crippen LogP contribution in [0, 0.1) is 0 Å². The van der Waals surface area contributed by atoms with Gasteiger partial charge in [-0.05, 0) is 36.9 Å². The SMILES string of the molecule is CCSCC(C)NS(=O)(=O)CCOc1ccc(N)cc1. The van der Waals surface area contributed by atoms with Gasteiger partial charge in [0.2, 0.25) is 10.0 Å². The van der Waals surface area contributed by atoms with Crippen molar-refractivity contribution in [2.75, 3.05) is 29.6 Å². The van der Waals surface area contributed by atoms with Gasteiger partial charge in [0.15, 0.2) is 0 Å². The van der Waals surface area contributed by atoms with E-state index in [1.54, 1.807) is 36.0 Å². The Labute approximate surface area is 125 Å². The Morgan fingerprint density at radius 1 is 1.35 bits per heavy atom. The van der Waals surface area contributed by atoms with Gasteiger partial charge < -0.3 is 10.5 Å². The summed E-state index contributed by atoms with van der Waals surface area (Å²) in [7, 11) is -3.30. The molecule has 7 heteroatoms. The summed E-state index contributed by atoms with van der Waals surface area (Å²) < 4.78 is 31.7. The number of ether oxygens (including phenoxy) is 1. The highest BCUT2D eigenvalue weighted by molar-refractivity contribution is 7.99. The minimum absolute atomic E-state index is 0.0570. The maximum atomic E-state index is 11.8. The van der Waals surface area contributed by atoms with Crippen LogP contribution in [0.3, 0.4) is 0 Å². The van der Waals surface area contributed by atoms with Gasteiger partial charge in [-0.1, -0.05) is 6.92 Å². The molecule has 0 spiro atoms. The summed E-state index contributed by atoms with van der Waals surface area (Å²) >= 11 is 1.71. The minimum atomic E-state index is -3.30. The van der Waals surface area contributed by atoms with Crippen LogP contribution in [0.1, 0.15) is 13.8 Å². The molecule has 0 aliphatic carbocycles. The standard InChI is InChI=1S/C13H22N2O3S2/c1-3-19-10-11(2)15-20(16,17)9-8-18-13-6-4-12(14)5-7-13/h4-7,11,15H,3,8-10,14H2,1-2H3. The van der Waals surface area contributed by atoms with E-state index in [4.69, 9.17) is 10.5 Å². The smallest absolute Gasteiger partial charge is 0.215 e. The second kappa shape index (κ2) is 8.39. The number of anilines is 1. The molecule has 0 aromatic heterocycles. The van der Waals surface area contributed by atoms with Crippen molar-refractivity contribution < 1.29 is 13.2 Å². The van der Waals surface area contributed by atoms with Gasteiger partial charge in [-0.3, -0.25) is 0 Å². The Morgan fingerprint density at radius 3 is 2.60 bits per heavy atom. The van der Waals surface area contributed by atoms with E-state index in [0.29, 0.717) is 11.4 Å². The van der Waals surface area contributed by atoms with Crippen LogP contribution in [0.15, 0.2) is 24.3 Å². The van der Waals surface area contributed by atoms with Crippen LogP contribution in [-0.2, 0) is 10.0 Å². The topological polar surface area (TPSA) is 81.4 Å². The highest BCUT2D eigenvalue weighted by atomic mass is 32.2. The third-order valence-electron chi connectivity index (χ3n) is 2.45. The van der Waals surface area contributed by atoms with Gasteiger partial charge in [0.1, 0.15) is 12.4 Å². The zero-order chi connectivity index (χ0) is 15.0. The van der Waals surface area contributed by atoms with Gasteiger partial charge in [-0.25, -0.2) is 13.1 Å². The summed E-state index contributed by atoms with van der Waals surface area (Å²) in [6, 6.07) is 6.80. The Balaban J connectivity index is 2.34. The maximum absolute atomic E-state index is 11.8. The van der Waals surface area contributed by atoms with Crippen LogP contribution in [-0.4, -0.2) is 38.3 Å². The average molecular weight is 318 g/mol. The Morgan fingerprint density at radius 2 is 2.00 bits per heavy atom. The highest BCUT2D eigenvalue weighted by Crippen LogP contribution is 2.13. The summed E-state index contributed by atoms with van der Waals surface area (Å²) in [5.41, 5.74) is 6.20. The molecule has 0 amide bonds. The van der Waals surface area contributed by atoms with Crippen LogP contribution in [0.4, 0.5) is 5.69 Å². The number of thioether (sulfide) groups is 1. The van der Waals surface area contributed by atoms with Crippen molar-refractivity contribution in [3.05, 3.63) is 24.3 Å². The van der Waals surface area contributed by atoms with Gasteiger partial charge >= 0.3 is 0 Å². The first kappa shape index (κ1) is 17.1. The van der Waals surface area contributed by atoms with Crippen LogP contribution >= 0.6 is 11.8 Å². The van der Waals surface area contributed by atoms with Crippen LogP contribution in [0.5, 0.6) is 5.75 Å². The number of sulfonamides is 1. The lowest BCUT2D eigenvalue weighted by Crippen LogP contribution is -2.37. The van der Waals surface area contributed by atoms with Crippen molar-refractivity contribution in [1.82, 2.24) is 4.72 Å². The Bertz CT molecular complexity index is 489. The van der Waals surface area contributed by atoms with E-state index in [9.17, 15) is 8.42 Å². The molecule has 1 aromatic rings. The third-order valence-corrected chi connectivity index (χ3v) is 5.06. The molecule has 0 aliphatic heterocycles. The second-order valence-corrected chi connectivity index (χ2v) is 7.61. The lowest BCUT2D eigenvalue weighted by molar-refractivity contribution is 0.340. The molecule has 1 rings (SSSR count). The van der Waals surface area contributed by atoms with Gasteiger partial charge in [0, 0.05) is 17.5 Å². The summed E-state index contributed by atoms with van der Waals surface area (Å²) in [6.45, 7) is 4.03. The first-order valence-electron chi connectivity index (χ1n) is 6.49. The third kappa shape index (κ3) is 7.02. The van der Waals surface area contributed by atoms with E-state index in [1.807, 2.05) is 13.8 Å². The summed E-state index contributed by atoms with van der Waals surface area (Å²) in [5, 5.41) is 0. The molecule has 1 aromatic carbocycles. The molecule has 0 bridgehead atoms. The number of nitrogen functional groups attached to an aromatic ring is 1. The summed E-state index contributed by atoms with van der Waals surface area (Å²) in [4.78, 5) is 0. The van der Waals surface area contributed by atoms with Gasteiger partial charge in [0.25, 0.3) is 0 Å². The van der Waals surface area contributed by atoms with Gasteiger partial charge in [-0.15, -0.1) is 0 Å². The molecule has 0 saturated heterocycles. The van der Waals surface area contributed by atoms with Crippen molar-refractivity contribution in [2.45, 2.75) is 19.9 Å². The molecule has 0 aliphatic rings. The first-order valence-corrected chi connectivity index (χ1v) is 9.29. The second-order valence-electron chi connectivity index (χ2n) is 4.41. The van der Waals surface area contributed by atoms with E-state index in [0.717, 1.165) is 11.5 Å². The molecular formula is C13H22N2O3S2. The number of rotatable bonds is 9. The van der Waals surface area contributed by atoms with Gasteiger partial charge in [0.05, 0.1) is 5.75 Å².